The summed E-state index contributed by atoms with van der Waals surface area (Å²) in [5.74, 6) is 0.0498. The maximum atomic E-state index is 11.9. The monoisotopic (exact) mass is 354 g/mol. The molecule has 0 aromatic heterocycles. The van der Waals surface area contributed by atoms with Gasteiger partial charge in [0.1, 0.15) is 0 Å². The molecule has 1 aromatic rings. The molecular formula is C16H23BrN2O2. The van der Waals surface area contributed by atoms with E-state index in [4.69, 9.17) is 4.74 Å². The molecule has 0 spiro atoms. The maximum Gasteiger partial charge on any atom is 0.225 e. The first-order chi connectivity index (χ1) is 10.1. The number of halogens is 1. The van der Waals surface area contributed by atoms with Gasteiger partial charge in [-0.3, -0.25) is 4.79 Å². The number of amides is 1. The highest BCUT2D eigenvalue weighted by atomic mass is 79.9. The lowest BCUT2D eigenvalue weighted by Crippen LogP contribution is -2.35. The fourth-order valence-corrected chi connectivity index (χ4v) is 2.70. The molecule has 4 nitrogen and oxygen atoms in total. The van der Waals surface area contributed by atoms with Crippen molar-refractivity contribution in [1.82, 2.24) is 4.90 Å². The van der Waals surface area contributed by atoms with Gasteiger partial charge in [-0.15, -0.1) is 0 Å². The molecule has 1 aliphatic heterocycles. The first-order valence-corrected chi connectivity index (χ1v) is 8.28. The highest BCUT2D eigenvalue weighted by Crippen LogP contribution is 2.15. The van der Waals surface area contributed by atoms with Crippen LogP contribution in [0.25, 0.3) is 0 Å². The lowest BCUT2D eigenvalue weighted by Gasteiger charge is -2.27. The minimum atomic E-state index is 0.0498. The van der Waals surface area contributed by atoms with E-state index in [1.54, 1.807) is 0 Å². The summed E-state index contributed by atoms with van der Waals surface area (Å²) in [6.07, 6.45) is 4.39. The van der Waals surface area contributed by atoms with Crippen molar-refractivity contribution >= 4 is 27.5 Å². The predicted octanol–water partition coefficient (Wildman–Crippen LogP) is 3.28. The Kier molecular flexibility index (Phi) is 6.67. The first-order valence-electron chi connectivity index (χ1n) is 7.49. The molecule has 116 valence electrons. The van der Waals surface area contributed by atoms with E-state index in [1.807, 2.05) is 31.3 Å². The van der Waals surface area contributed by atoms with Gasteiger partial charge in [-0.05, 0) is 50.6 Å². The molecule has 1 atom stereocenters. The molecule has 1 heterocycles. The van der Waals surface area contributed by atoms with E-state index in [1.165, 1.54) is 12.8 Å². The van der Waals surface area contributed by atoms with Gasteiger partial charge in [0.2, 0.25) is 5.91 Å². The topological polar surface area (TPSA) is 41.6 Å². The van der Waals surface area contributed by atoms with Gasteiger partial charge in [0.15, 0.2) is 0 Å². The van der Waals surface area contributed by atoms with Gasteiger partial charge >= 0.3 is 0 Å². The molecule has 0 radical (unpaired) electrons. The summed E-state index contributed by atoms with van der Waals surface area (Å²) in [7, 11) is 2.05. The van der Waals surface area contributed by atoms with E-state index >= 15 is 0 Å². The van der Waals surface area contributed by atoms with Gasteiger partial charge in [0.25, 0.3) is 0 Å². The fraction of sp³-hybridized carbons (Fsp3) is 0.562. The minimum absolute atomic E-state index is 0.0498. The van der Waals surface area contributed by atoms with Crippen LogP contribution in [0.15, 0.2) is 28.7 Å². The molecule has 1 unspecified atom stereocenters. The molecule has 1 aliphatic rings. The largest absolute Gasteiger partial charge is 0.377 e. The molecule has 0 saturated carbocycles. The normalized spacial score (nSPS) is 18.7. The predicted molar refractivity (Wildman–Crippen MR) is 88.5 cm³/mol. The van der Waals surface area contributed by atoms with E-state index in [-0.39, 0.29) is 5.91 Å². The molecule has 1 saturated heterocycles. The Morgan fingerprint density at radius 2 is 2.14 bits per heavy atom. The lowest BCUT2D eigenvalue weighted by atomic mass is 10.1. The van der Waals surface area contributed by atoms with Crippen LogP contribution in [0, 0.1) is 0 Å². The molecule has 21 heavy (non-hydrogen) atoms. The molecule has 0 aliphatic carbocycles. The highest BCUT2D eigenvalue weighted by molar-refractivity contribution is 9.10. The van der Waals surface area contributed by atoms with E-state index in [9.17, 15) is 4.79 Å². The average molecular weight is 355 g/mol. The van der Waals surface area contributed by atoms with Gasteiger partial charge in [-0.25, -0.2) is 0 Å². The van der Waals surface area contributed by atoms with Crippen LogP contribution in [0.1, 0.15) is 25.7 Å². The summed E-state index contributed by atoms with van der Waals surface area (Å²) < 4.78 is 6.72. The van der Waals surface area contributed by atoms with E-state index in [0.717, 1.165) is 36.3 Å². The Hall–Kier alpha value is -0.910. The SMILES string of the molecule is CN(CCC(=O)Nc1ccc(Br)cc1)CC1CCCCO1. The summed E-state index contributed by atoms with van der Waals surface area (Å²) in [6.45, 7) is 2.54. The van der Waals surface area contributed by atoms with E-state index in [2.05, 4.69) is 26.1 Å². The quantitative estimate of drug-likeness (QED) is 0.852. The number of hydrogen-bond acceptors (Lipinski definition) is 3. The van der Waals surface area contributed by atoms with Crippen LogP contribution >= 0.6 is 15.9 Å². The molecular weight excluding hydrogens is 332 g/mol. The molecule has 1 amide bonds. The van der Waals surface area contributed by atoms with Crippen molar-refractivity contribution in [3.63, 3.8) is 0 Å². The lowest BCUT2D eigenvalue weighted by molar-refractivity contribution is -0.116. The number of carbonyl (C=O) groups is 1. The summed E-state index contributed by atoms with van der Waals surface area (Å²) in [5, 5.41) is 2.91. The number of nitrogens with one attached hydrogen (secondary N) is 1. The highest BCUT2D eigenvalue weighted by Gasteiger charge is 2.16. The standard InChI is InChI=1S/C16H23BrN2O2/c1-19(12-15-4-2-3-11-21-15)10-9-16(20)18-14-7-5-13(17)6-8-14/h5-8,15H,2-4,9-12H2,1H3,(H,18,20). The molecule has 5 heteroatoms. The van der Waals surface area contributed by atoms with Crippen molar-refractivity contribution in [3.05, 3.63) is 28.7 Å². The van der Waals surface area contributed by atoms with Crippen LogP contribution in [0.4, 0.5) is 5.69 Å². The van der Waals surface area contributed by atoms with Gasteiger partial charge in [0, 0.05) is 36.3 Å². The van der Waals surface area contributed by atoms with Gasteiger partial charge < -0.3 is 15.0 Å². The fourth-order valence-electron chi connectivity index (χ4n) is 2.44. The van der Waals surface area contributed by atoms with Crippen molar-refractivity contribution in [2.75, 3.05) is 32.1 Å². The third kappa shape index (κ3) is 6.16. The Labute approximate surface area is 135 Å². The third-order valence-electron chi connectivity index (χ3n) is 3.64. The number of likely N-dealkylation sites (N-methyl/N-ethyl adjacent to an activating group) is 1. The molecule has 2 rings (SSSR count). The van der Waals surface area contributed by atoms with Crippen LogP contribution in [0.3, 0.4) is 0 Å². The van der Waals surface area contributed by atoms with Crippen molar-refractivity contribution in [2.45, 2.75) is 31.8 Å². The second-order valence-electron chi connectivity index (χ2n) is 5.56. The Bertz CT molecular complexity index is 444. The van der Waals surface area contributed by atoms with Crippen molar-refractivity contribution in [2.24, 2.45) is 0 Å². The van der Waals surface area contributed by atoms with Crippen LogP contribution in [-0.2, 0) is 9.53 Å². The number of nitrogens with zero attached hydrogens (tertiary/aromatic N) is 1. The number of rotatable bonds is 6. The van der Waals surface area contributed by atoms with Crippen molar-refractivity contribution in [3.8, 4) is 0 Å². The van der Waals surface area contributed by atoms with Crippen LogP contribution in [0.2, 0.25) is 0 Å². The van der Waals surface area contributed by atoms with Gasteiger partial charge in [0.05, 0.1) is 6.10 Å². The zero-order valence-corrected chi connectivity index (χ0v) is 14.1. The Balaban J connectivity index is 1.66. The number of carbonyl (C=O) groups excluding carboxylic acids is 1. The van der Waals surface area contributed by atoms with Crippen LogP contribution in [0.5, 0.6) is 0 Å². The zero-order chi connectivity index (χ0) is 15.1. The minimum Gasteiger partial charge on any atom is -0.377 e. The summed E-state index contributed by atoms with van der Waals surface area (Å²) >= 11 is 3.38. The third-order valence-corrected chi connectivity index (χ3v) is 4.17. The Morgan fingerprint density at radius 3 is 2.81 bits per heavy atom. The Morgan fingerprint density at radius 1 is 1.38 bits per heavy atom. The molecule has 1 fully saturated rings. The molecule has 1 N–H and O–H groups in total. The van der Waals surface area contributed by atoms with E-state index < -0.39 is 0 Å². The second kappa shape index (κ2) is 8.51. The number of anilines is 1. The van der Waals surface area contributed by atoms with Gasteiger partial charge in [-0.2, -0.15) is 0 Å². The molecule has 0 bridgehead atoms. The maximum absolute atomic E-state index is 11.9. The number of hydrogen-bond donors (Lipinski definition) is 1. The van der Waals surface area contributed by atoms with Crippen molar-refractivity contribution in [1.29, 1.82) is 0 Å². The summed E-state index contributed by atoms with van der Waals surface area (Å²) in [6, 6.07) is 7.62. The van der Waals surface area contributed by atoms with E-state index in [0.29, 0.717) is 12.5 Å². The smallest absolute Gasteiger partial charge is 0.225 e. The van der Waals surface area contributed by atoms with Crippen LogP contribution in [-0.4, -0.2) is 43.7 Å². The molecule has 1 aromatic carbocycles. The summed E-state index contributed by atoms with van der Waals surface area (Å²) in [4.78, 5) is 14.1. The van der Waals surface area contributed by atoms with Gasteiger partial charge in [-0.1, -0.05) is 15.9 Å². The number of ether oxygens (including phenoxy) is 1. The second-order valence-corrected chi connectivity index (χ2v) is 6.47. The van der Waals surface area contributed by atoms with Crippen LogP contribution < -0.4 is 5.32 Å². The average Bonchev–Trinajstić information content (AvgIpc) is 2.49. The number of benzene rings is 1. The first kappa shape index (κ1) is 16.5. The zero-order valence-electron chi connectivity index (χ0n) is 12.5. The van der Waals surface area contributed by atoms with Crippen molar-refractivity contribution < 1.29 is 9.53 Å². The summed E-state index contributed by atoms with van der Waals surface area (Å²) in [5.41, 5.74) is 0.835.